The van der Waals surface area contributed by atoms with E-state index in [1.54, 1.807) is 12.1 Å². The number of benzene rings is 1. The second-order valence-corrected chi connectivity index (χ2v) is 5.73. The van der Waals surface area contributed by atoms with Crippen LogP contribution in [0.3, 0.4) is 0 Å². The van der Waals surface area contributed by atoms with Gasteiger partial charge in [-0.05, 0) is 25.5 Å². The minimum absolute atomic E-state index is 0.324. The van der Waals surface area contributed by atoms with Crippen molar-refractivity contribution in [1.29, 1.82) is 0 Å². The van der Waals surface area contributed by atoms with Gasteiger partial charge in [0.05, 0.1) is 29.3 Å². The summed E-state index contributed by atoms with van der Waals surface area (Å²) >= 11 is 12.0. The maximum atomic E-state index is 12.0. The molecular weight excluding hydrogens is 303 g/mol. The molecule has 20 heavy (non-hydrogen) atoms. The van der Waals surface area contributed by atoms with Gasteiger partial charge in [0.15, 0.2) is 5.75 Å². The van der Waals surface area contributed by atoms with E-state index >= 15 is 0 Å². The lowest BCUT2D eigenvalue weighted by molar-refractivity contribution is 0.172. The van der Waals surface area contributed by atoms with Crippen molar-refractivity contribution in [2.75, 3.05) is 25.6 Å². The van der Waals surface area contributed by atoms with Gasteiger partial charge in [0.1, 0.15) is 0 Å². The van der Waals surface area contributed by atoms with Crippen LogP contribution in [0.1, 0.15) is 13.3 Å². The molecule has 1 aliphatic rings. The number of halogens is 2. The quantitative estimate of drug-likeness (QED) is 0.899. The van der Waals surface area contributed by atoms with Gasteiger partial charge in [-0.25, -0.2) is 4.79 Å². The van der Waals surface area contributed by atoms with Crippen LogP contribution < -0.4 is 15.4 Å². The Balaban J connectivity index is 2.04. The van der Waals surface area contributed by atoms with Crippen LogP contribution in [-0.4, -0.2) is 31.9 Å². The van der Waals surface area contributed by atoms with Gasteiger partial charge in [-0.15, -0.1) is 0 Å². The average Bonchev–Trinajstić information content (AvgIpc) is 2.74. The Bertz CT molecular complexity index is 493. The van der Waals surface area contributed by atoms with Gasteiger partial charge in [0, 0.05) is 12.3 Å². The fourth-order valence-electron chi connectivity index (χ4n) is 2.03. The molecule has 1 aromatic carbocycles. The van der Waals surface area contributed by atoms with Crippen LogP contribution in [-0.2, 0) is 4.74 Å². The maximum absolute atomic E-state index is 12.0. The van der Waals surface area contributed by atoms with E-state index in [-0.39, 0.29) is 11.6 Å². The van der Waals surface area contributed by atoms with E-state index in [2.05, 4.69) is 10.6 Å². The summed E-state index contributed by atoms with van der Waals surface area (Å²) in [6.07, 6.45) is 0.782. The smallest absolute Gasteiger partial charge is 0.319 e. The highest BCUT2D eigenvalue weighted by Crippen LogP contribution is 2.35. The lowest BCUT2D eigenvalue weighted by atomic mass is 10.0. The normalized spacial score (nSPS) is 21.6. The molecule has 0 radical (unpaired) electrons. The minimum Gasteiger partial charge on any atom is -0.494 e. The van der Waals surface area contributed by atoms with Crippen molar-refractivity contribution in [3.05, 3.63) is 22.2 Å². The zero-order valence-electron chi connectivity index (χ0n) is 11.3. The van der Waals surface area contributed by atoms with Crippen molar-refractivity contribution < 1.29 is 14.3 Å². The van der Waals surface area contributed by atoms with E-state index in [0.29, 0.717) is 34.7 Å². The summed E-state index contributed by atoms with van der Waals surface area (Å²) in [5.74, 6) is 0.385. The van der Waals surface area contributed by atoms with Crippen LogP contribution in [0, 0.1) is 0 Å². The highest BCUT2D eigenvalue weighted by Gasteiger charge is 2.31. The molecule has 0 aromatic heterocycles. The molecule has 1 fully saturated rings. The van der Waals surface area contributed by atoms with Gasteiger partial charge in [0.25, 0.3) is 0 Å². The number of hydrogen-bond donors (Lipinski definition) is 2. The molecule has 2 N–H and O–H groups in total. The maximum Gasteiger partial charge on any atom is 0.319 e. The number of amides is 2. The van der Waals surface area contributed by atoms with Crippen LogP contribution in [0.2, 0.25) is 10.0 Å². The molecule has 7 heteroatoms. The monoisotopic (exact) mass is 318 g/mol. The molecule has 5 nitrogen and oxygen atoms in total. The van der Waals surface area contributed by atoms with Crippen molar-refractivity contribution in [3.8, 4) is 5.75 Å². The standard InChI is InChI=1S/C13H16Cl2N2O3/c1-13(3-4-20-7-13)17-12(18)16-8-5-9(14)11(19-2)10(15)6-8/h5-6H,3-4,7H2,1-2H3,(H2,16,17,18)/t13-/m1/s1. The highest BCUT2D eigenvalue weighted by atomic mass is 35.5. The number of rotatable bonds is 3. The number of urea groups is 1. The third-order valence-electron chi connectivity index (χ3n) is 3.09. The van der Waals surface area contributed by atoms with Gasteiger partial charge in [-0.1, -0.05) is 23.2 Å². The molecule has 2 amide bonds. The number of methoxy groups -OCH3 is 1. The first-order valence-corrected chi connectivity index (χ1v) is 6.89. The average molecular weight is 319 g/mol. The number of carbonyl (C=O) groups excluding carboxylic acids is 1. The molecule has 2 rings (SSSR count). The fourth-order valence-corrected chi connectivity index (χ4v) is 2.67. The van der Waals surface area contributed by atoms with Gasteiger partial charge in [-0.3, -0.25) is 0 Å². The Morgan fingerprint density at radius 3 is 2.55 bits per heavy atom. The Labute approximate surface area is 127 Å². The van der Waals surface area contributed by atoms with Crippen molar-refractivity contribution in [2.45, 2.75) is 18.9 Å². The molecule has 1 aromatic rings. The molecule has 1 saturated heterocycles. The summed E-state index contributed by atoms with van der Waals surface area (Å²) in [5.41, 5.74) is 0.158. The van der Waals surface area contributed by atoms with Crippen LogP contribution in [0.25, 0.3) is 0 Å². The zero-order valence-corrected chi connectivity index (χ0v) is 12.8. The molecule has 0 bridgehead atoms. The van der Waals surface area contributed by atoms with E-state index in [1.165, 1.54) is 7.11 Å². The summed E-state index contributed by atoms with van der Waals surface area (Å²) in [7, 11) is 1.48. The Morgan fingerprint density at radius 2 is 2.05 bits per heavy atom. The largest absolute Gasteiger partial charge is 0.494 e. The predicted octanol–water partition coefficient (Wildman–Crippen LogP) is 3.30. The zero-order chi connectivity index (χ0) is 14.8. The summed E-state index contributed by atoms with van der Waals surface area (Å²) in [6, 6.07) is 2.84. The third kappa shape index (κ3) is 3.48. The molecule has 0 aliphatic carbocycles. The van der Waals surface area contributed by atoms with Crippen molar-refractivity contribution >= 4 is 34.9 Å². The van der Waals surface area contributed by atoms with Crippen molar-refractivity contribution in [2.24, 2.45) is 0 Å². The summed E-state index contributed by atoms with van der Waals surface area (Å²) in [6.45, 7) is 3.09. The number of nitrogens with one attached hydrogen (secondary N) is 2. The second-order valence-electron chi connectivity index (χ2n) is 4.92. The Kier molecular flexibility index (Phi) is 4.62. The molecule has 0 unspecified atom stereocenters. The van der Waals surface area contributed by atoms with Gasteiger partial charge < -0.3 is 20.1 Å². The Hall–Kier alpha value is -1.17. The third-order valence-corrected chi connectivity index (χ3v) is 3.66. The number of hydrogen-bond acceptors (Lipinski definition) is 3. The van der Waals surface area contributed by atoms with Gasteiger partial charge in [0.2, 0.25) is 0 Å². The molecule has 1 aliphatic heterocycles. The first-order valence-electron chi connectivity index (χ1n) is 6.13. The van der Waals surface area contributed by atoms with Crippen molar-refractivity contribution in [3.63, 3.8) is 0 Å². The van der Waals surface area contributed by atoms with Crippen LogP contribution in [0.5, 0.6) is 5.75 Å². The molecule has 0 spiro atoms. The number of ether oxygens (including phenoxy) is 2. The number of anilines is 1. The highest BCUT2D eigenvalue weighted by molar-refractivity contribution is 6.37. The molecule has 1 atom stereocenters. The second kappa shape index (κ2) is 6.08. The number of carbonyl (C=O) groups is 1. The molecule has 1 heterocycles. The van der Waals surface area contributed by atoms with Gasteiger partial charge >= 0.3 is 6.03 Å². The van der Waals surface area contributed by atoms with Crippen LogP contribution in [0.15, 0.2) is 12.1 Å². The molecule has 0 saturated carbocycles. The summed E-state index contributed by atoms with van der Waals surface area (Å²) in [4.78, 5) is 12.0. The van der Waals surface area contributed by atoms with E-state index in [1.807, 2.05) is 6.92 Å². The van der Waals surface area contributed by atoms with E-state index in [4.69, 9.17) is 32.7 Å². The summed E-state index contributed by atoms with van der Waals surface area (Å²) < 4.78 is 10.3. The summed E-state index contributed by atoms with van der Waals surface area (Å²) in [5, 5.41) is 6.25. The lowest BCUT2D eigenvalue weighted by Gasteiger charge is -2.23. The molecular formula is C13H16Cl2N2O3. The van der Waals surface area contributed by atoms with Gasteiger partial charge in [-0.2, -0.15) is 0 Å². The van der Waals surface area contributed by atoms with E-state index in [0.717, 1.165) is 6.42 Å². The lowest BCUT2D eigenvalue weighted by Crippen LogP contribution is -2.48. The van der Waals surface area contributed by atoms with E-state index in [9.17, 15) is 4.79 Å². The fraction of sp³-hybridized carbons (Fsp3) is 0.462. The first-order chi connectivity index (χ1) is 9.43. The molecule has 110 valence electrons. The van der Waals surface area contributed by atoms with E-state index < -0.39 is 0 Å². The Morgan fingerprint density at radius 1 is 1.40 bits per heavy atom. The van der Waals surface area contributed by atoms with Crippen LogP contribution >= 0.6 is 23.2 Å². The van der Waals surface area contributed by atoms with Crippen molar-refractivity contribution in [1.82, 2.24) is 5.32 Å². The first kappa shape index (κ1) is 15.2. The van der Waals surface area contributed by atoms with Crippen LogP contribution in [0.4, 0.5) is 10.5 Å². The topological polar surface area (TPSA) is 59.6 Å². The SMILES string of the molecule is COc1c(Cl)cc(NC(=O)N[C@]2(C)CCOC2)cc1Cl. The predicted molar refractivity (Wildman–Crippen MR) is 79.0 cm³/mol. The minimum atomic E-state index is -0.343.